The molecule has 0 aromatic rings. The first kappa shape index (κ1) is 16.2. The van der Waals surface area contributed by atoms with Crippen LogP contribution < -0.4 is 0 Å². The van der Waals surface area contributed by atoms with Gasteiger partial charge in [-0.15, -0.1) is 0 Å². The molecule has 0 aliphatic heterocycles. The third kappa shape index (κ3) is 13.1. The first-order valence-electron chi connectivity index (χ1n) is 7.11. The fraction of sp³-hybridized carbons (Fsp3) is 0.800. The molecule has 17 heavy (non-hydrogen) atoms. The molecule has 0 unspecified atom stereocenters. The highest BCUT2D eigenvalue weighted by atomic mass is 16.5. The van der Waals surface area contributed by atoms with Gasteiger partial charge in [-0.3, -0.25) is 4.79 Å². The summed E-state index contributed by atoms with van der Waals surface area (Å²) < 4.78 is 4.88. The maximum atomic E-state index is 11.0. The summed E-state index contributed by atoms with van der Waals surface area (Å²) >= 11 is 0. The number of ether oxygens (including phenoxy) is 1. The quantitative estimate of drug-likeness (QED) is 0.299. The van der Waals surface area contributed by atoms with E-state index in [1.54, 1.807) is 0 Å². The summed E-state index contributed by atoms with van der Waals surface area (Å²) in [5, 5.41) is 0. The molecule has 0 N–H and O–H groups in total. The number of hydrogen-bond donors (Lipinski definition) is 0. The van der Waals surface area contributed by atoms with Crippen LogP contribution in [0.2, 0.25) is 0 Å². The van der Waals surface area contributed by atoms with Gasteiger partial charge in [-0.1, -0.05) is 44.8 Å². The first-order chi connectivity index (χ1) is 8.31. The molecule has 0 bridgehead atoms. The van der Waals surface area contributed by atoms with E-state index >= 15 is 0 Å². The molecule has 2 nitrogen and oxygen atoms in total. The minimum Gasteiger partial charge on any atom is -0.466 e. The average Bonchev–Trinajstić information content (AvgIpc) is 2.32. The van der Waals surface area contributed by atoms with Crippen molar-refractivity contribution in [2.75, 3.05) is 6.61 Å². The van der Waals surface area contributed by atoms with Gasteiger partial charge in [-0.2, -0.15) is 0 Å². The van der Waals surface area contributed by atoms with Crippen LogP contribution in [0.25, 0.3) is 0 Å². The molecular weight excluding hydrogens is 212 g/mol. The smallest absolute Gasteiger partial charge is 0.305 e. The lowest BCUT2D eigenvalue weighted by Gasteiger charge is -2.01. The van der Waals surface area contributed by atoms with Gasteiger partial charge >= 0.3 is 5.97 Å². The van der Waals surface area contributed by atoms with E-state index in [0.717, 1.165) is 12.8 Å². The van der Waals surface area contributed by atoms with Crippen LogP contribution >= 0.6 is 0 Å². The Balaban J connectivity index is 3.11. The second kappa shape index (κ2) is 13.3. The van der Waals surface area contributed by atoms with Crippen molar-refractivity contribution in [1.82, 2.24) is 0 Å². The van der Waals surface area contributed by atoms with E-state index in [0.29, 0.717) is 13.0 Å². The predicted molar refractivity (Wildman–Crippen MR) is 73.0 cm³/mol. The Morgan fingerprint density at radius 3 is 2.29 bits per heavy atom. The SMILES string of the molecule is CCCC=CCCCCCCCC(=O)OCC. The van der Waals surface area contributed by atoms with Crippen LogP contribution in [0.3, 0.4) is 0 Å². The normalized spacial score (nSPS) is 10.9. The van der Waals surface area contributed by atoms with Gasteiger partial charge in [0, 0.05) is 6.42 Å². The van der Waals surface area contributed by atoms with Crippen LogP contribution in [-0.4, -0.2) is 12.6 Å². The van der Waals surface area contributed by atoms with Crippen LogP contribution in [0.1, 0.15) is 71.6 Å². The van der Waals surface area contributed by atoms with Crippen LogP contribution in [0, 0.1) is 0 Å². The molecule has 0 rings (SSSR count). The van der Waals surface area contributed by atoms with Gasteiger partial charge in [0.2, 0.25) is 0 Å². The lowest BCUT2D eigenvalue weighted by atomic mass is 10.1. The van der Waals surface area contributed by atoms with Crippen molar-refractivity contribution in [3.05, 3.63) is 12.2 Å². The van der Waals surface area contributed by atoms with Crippen molar-refractivity contribution in [2.24, 2.45) is 0 Å². The number of hydrogen-bond acceptors (Lipinski definition) is 2. The van der Waals surface area contributed by atoms with Gasteiger partial charge in [0.05, 0.1) is 6.61 Å². The Morgan fingerprint density at radius 1 is 0.941 bits per heavy atom. The van der Waals surface area contributed by atoms with E-state index < -0.39 is 0 Å². The summed E-state index contributed by atoms with van der Waals surface area (Å²) in [6.45, 7) is 4.56. The highest BCUT2D eigenvalue weighted by Gasteiger charge is 2.00. The van der Waals surface area contributed by atoms with Gasteiger partial charge in [-0.25, -0.2) is 0 Å². The number of carbonyl (C=O) groups excluding carboxylic acids is 1. The summed E-state index contributed by atoms with van der Waals surface area (Å²) in [4.78, 5) is 11.0. The standard InChI is InChI=1S/C15H28O2/c1-3-5-6-7-8-9-10-11-12-13-14-15(16)17-4-2/h6-7H,3-5,8-14H2,1-2H3. The van der Waals surface area contributed by atoms with Crippen LogP contribution in [0.15, 0.2) is 12.2 Å². The molecule has 0 aromatic carbocycles. The minimum absolute atomic E-state index is 0.0463. The zero-order chi connectivity index (χ0) is 12.8. The van der Waals surface area contributed by atoms with Crippen molar-refractivity contribution < 1.29 is 9.53 Å². The van der Waals surface area contributed by atoms with Crippen LogP contribution in [0.4, 0.5) is 0 Å². The molecule has 0 spiro atoms. The highest BCUT2D eigenvalue weighted by molar-refractivity contribution is 5.69. The van der Waals surface area contributed by atoms with Gasteiger partial charge in [-0.05, 0) is 32.6 Å². The highest BCUT2D eigenvalue weighted by Crippen LogP contribution is 2.08. The lowest BCUT2D eigenvalue weighted by Crippen LogP contribution is -2.03. The number of rotatable bonds is 11. The average molecular weight is 240 g/mol. The summed E-state index contributed by atoms with van der Waals surface area (Å²) in [7, 11) is 0. The molecule has 0 heterocycles. The Labute approximate surface area is 106 Å². The number of allylic oxidation sites excluding steroid dienone is 2. The van der Waals surface area contributed by atoms with Crippen molar-refractivity contribution in [3.8, 4) is 0 Å². The van der Waals surface area contributed by atoms with E-state index in [4.69, 9.17) is 4.74 Å². The molecule has 0 amide bonds. The zero-order valence-corrected chi connectivity index (χ0v) is 11.5. The summed E-state index contributed by atoms with van der Waals surface area (Å²) in [6, 6.07) is 0. The number of esters is 1. The number of unbranched alkanes of at least 4 members (excludes halogenated alkanes) is 6. The first-order valence-corrected chi connectivity index (χ1v) is 7.11. The molecular formula is C15H28O2. The molecule has 0 radical (unpaired) electrons. The minimum atomic E-state index is -0.0463. The van der Waals surface area contributed by atoms with Gasteiger partial charge in [0.25, 0.3) is 0 Å². The Hall–Kier alpha value is -0.790. The maximum absolute atomic E-state index is 11.0. The van der Waals surface area contributed by atoms with Crippen molar-refractivity contribution in [1.29, 1.82) is 0 Å². The molecule has 0 aliphatic carbocycles. The third-order valence-electron chi connectivity index (χ3n) is 2.68. The molecule has 0 atom stereocenters. The summed E-state index contributed by atoms with van der Waals surface area (Å²) in [6.07, 6.45) is 14.7. The Morgan fingerprint density at radius 2 is 1.59 bits per heavy atom. The molecule has 100 valence electrons. The second-order valence-electron chi connectivity index (χ2n) is 4.37. The van der Waals surface area contributed by atoms with E-state index in [1.165, 1.54) is 38.5 Å². The fourth-order valence-electron chi connectivity index (χ4n) is 1.70. The van der Waals surface area contributed by atoms with Crippen LogP contribution in [0.5, 0.6) is 0 Å². The number of carbonyl (C=O) groups is 1. The van der Waals surface area contributed by atoms with E-state index in [1.807, 2.05) is 6.92 Å². The molecule has 0 saturated heterocycles. The second-order valence-corrected chi connectivity index (χ2v) is 4.37. The van der Waals surface area contributed by atoms with E-state index in [-0.39, 0.29) is 5.97 Å². The van der Waals surface area contributed by atoms with Crippen molar-refractivity contribution in [3.63, 3.8) is 0 Å². The van der Waals surface area contributed by atoms with Gasteiger partial charge in [0.15, 0.2) is 0 Å². The zero-order valence-electron chi connectivity index (χ0n) is 11.5. The molecule has 0 aromatic heterocycles. The maximum Gasteiger partial charge on any atom is 0.305 e. The van der Waals surface area contributed by atoms with Crippen molar-refractivity contribution in [2.45, 2.75) is 71.6 Å². The largest absolute Gasteiger partial charge is 0.466 e. The lowest BCUT2D eigenvalue weighted by molar-refractivity contribution is -0.143. The third-order valence-corrected chi connectivity index (χ3v) is 2.68. The van der Waals surface area contributed by atoms with Gasteiger partial charge < -0.3 is 4.74 Å². The monoisotopic (exact) mass is 240 g/mol. The molecule has 0 saturated carbocycles. The summed E-state index contributed by atoms with van der Waals surface area (Å²) in [5.41, 5.74) is 0. The van der Waals surface area contributed by atoms with E-state index in [2.05, 4.69) is 19.1 Å². The fourth-order valence-corrected chi connectivity index (χ4v) is 1.70. The Bertz CT molecular complexity index is 197. The van der Waals surface area contributed by atoms with E-state index in [9.17, 15) is 4.79 Å². The molecule has 2 heteroatoms. The molecule has 0 fully saturated rings. The van der Waals surface area contributed by atoms with Gasteiger partial charge in [0.1, 0.15) is 0 Å². The summed E-state index contributed by atoms with van der Waals surface area (Å²) in [5.74, 6) is -0.0463. The Kier molecular flexibility index (Phi) is 12.7. The van der Waals surface area contributed by atoms with Crippen molar-refractivity contribution >= 4 is 5.97 Å². The topological polar surface area (TPSA) is 26.3 Å². The van der Waals surface area contributed by atoms with Crippen LogP contribution in [-0.2, 0) is 9.53 Å². The molecule has 0 aliphatic rings. The predicted octanol–water partition coefficient (Wildman–Crippen LogP) is 4.64.